The van der Waals surface area contributed by atoms with E-state index in [4.69, 9.17) is 5.11 Å². The Morgan fingerprint density at radius 3 is 1.80 bits per heavy atom. The molecule has 1 aliphatic carbocycles. The molecule has 0 amide bonds. The minimum atomic E-state index is 0.367. The monoisotopic (exact) mass is 212 g/mol. The van der Waals surface area contributed by atoms with Crippen LogP contribution < -0.4 is 0 Å². The summed E-state index contributed by atoms with van der Waals surface area (Å²) in [5, 5.41) is 9.04. The van der Waals surface area contributed by atoms with Gasteiger partial charge in [0.25, 0.3) is 0 Å². The number of aliphatic hydroxyl groups is 1. The molecule has 1 rings (SSSR count). The zero-order valence-corrected chi connectivity index (χ0v) is 10.7. The van der Waals surface area contributed by atoms with Crippen LogP contribution in [0, 0.1) is 23.7 Å². The van der Waals surface area contributed by atoms with Crippen molar-refractivity contribution < 1.29 is 5.11 Å². The SMILES string of the molecule is CC(C)CC1CCC(CC(C)CO)CC1. The molecule has 0 aromatic carbocycles. The van der Waals surface area contributed by atoms with Gasteiger partial charge in [-0.15, -0.1) is 0 Å². The fraction of sp³-hybridized carbons (Fsp3) is 1.00. The van der Waals surface area contributed by atoms with Crippen LogP contribution in [-0.2, 0) is 0 Å². The summed E-state index contributed by atoms with van der Waals surface area (Å²) in [5.41, 5.74) is 0. The van der Waals surface area contributed by atoms with E-state index in [2.05, 4.69) is 20.8 Å². The molecule has 1 unspecified atom stereocenters. The van der Waals surface area contributed by atoms with E-state index in [0.29, 0.717) is 12.5 Å². The molecule has 1 fully saturated rings. The first-order chi connectivity index (χ1) is 7.11. The van der Waals surface area contributed by atoms with Gasteiger partial charge in [0.1, 0.15) is 0 Å². The quantitative estimate of drug-likeness (QED) is 0.733. The van der Waals surface area contributed by atoms with Gasteiger partial charge in [-0.05, 0) is 36.5 Å². The Kier molecular flexibility index (Phi) is 5.66. The smallest absolute Gasteiger partial charge is 0.0456 e. The predicted molar refractivity (Wildman–Crippen MR) is 65.8 cm³/mol. The summed E-state index contributed by atoms with van der Waals surface area (Å²) in [6.45, 7) is 7.20. The number of hydrogen-bond donors (Lipinski definition) is 1. The zero-order valence-electron chi connectivity index (χ0n) is 10.7. The van der Waals surface area contributed by atoms with Crippen LogP contribution in [0.15, 0.2) is 0 Å². The van der Waals surface area contributed by atoms with Crippen molar-refractivity contribution in [1.29, 1.82) is 0 Å². The Hall–Kier alpha value is -0.0400. The van der Waals surface area contributed by atoms with Gasteiger partial charge in [-0.25, -0.2) is 0 Å². The molecule has 0 aromatic heterocycles. The highest BCUT2D eigenvalue weighted by molar-refractivity contribution is 4.74. The first-order valence-electron chi connectivity index (χ1n) is 6.72. The van der Waals surface area contributed by atoms with Gasteiger partial charge in [-0.1, -0.05) is 46.5 Å². The van der Waals surface area contributed by atoms with Crippen molar-refractivity contribution in [1.82, 2.24) is 0 Å². The molecule has 1 N–H and O–H groups in total. The lowest BCUT2D eigenvalue weighted by atomic mass is 9.76. The normalized spacial score (nSPS) is 29.4. The summed E-state index contributed by atoms with van der Waals surface area (Å²) in [4.78, 5) is 0. The third-order valence-corrected chi connectivity index (χ3v) is 3.82. The lowest BCUT2D eigenvalue weighted by molar-refractivity contribution is 0.176. The van der Waals surface area contributed by atoms with Gasteiger partial charge in [-0.3, -0.25) is 0 Å². The molecule has 0 saturated heterocycles. The highest BCUT2D eigenvalue weighted by atomic mass is 16.3. The molecule has 0 radical (unpaired) electrons. The molecule has 0 bridgehead atoms. The second-order valence-corrected chi connectivity index (χ2v) is 6.04. The number of hydrogen-bond acceptors (Lipinski definition) is 1. The maximum absolute atomic E-state index is 9.04. The average Bonchev–Trinajstić information content (AvgIpc) is 2.20. The van der Waals surface area contributed by atoms with Crippen molar-refractivity contribution in [2.75, 3.05) is 6.61 Å². The van der Waals surface area contributed by atoms with E-state index in [0.717, 1.165) is 17.8 Å². The lowest BCUT2D eigenvalue weighted by Gasteiger charge is -2.30. The molecular weight excluding hydrogens is 184 g/mol. The third-order valence-electron chi connectivity index (χ3n) is 3.82. The van der Waals surface area contributed by atoms with Crippen LogP contribution in [0.1, 0.15) is 59.3 Å². The van der Waals surface area contributed by atoms with Gasteiger partial charge in [0.2, 0.25) is 0 Å². The summed E-state index contributed by atoms with van der Waals surface area (Å²) in [7, 11) is 0. The second kappa shape index (κ2) is 6.52. The molecule has 0 spiro atoms. The van der Waals surface area contributed by atoms with E-state index in [1.54, 1.807) is 0 Å². The van der Waals surface area contributed by atoms with Gasteiger partial charge in [-0.2, -0.15) is 0 Å². The van der Waals surface area contributed by atoms with Crippen LogP contribution in [0.2, 0.25) is 0 Å². The first kappa shape index (κ1) is 13.0. The molecule has 0 heterocycles. The molecule has 1 atom stereocenters. The Labute approximate surface area is 95.3 Å². The van der Waals surface area contributed by atoms with Gasteiger partial charge >= 0.3 is 0 Å². The zero-order chi connectivity index (χ0) is 11.3. The van der Waals surface area contributed by atoms with Crippen molar-refractivity contribution in [2.24, 2.45) is 23.7 Å². The average molecular weight is 212 g/mol. The number of rotatable bonds is 5. The maximum atomic E-state index is 9.04. The van der Waals surface area contributed by atoms with Gasteiger partial charge < -0.3 is 5.11 Å². The van der Waals surface area contributed by atoms with Gasteiger partial charge in [0.15, 0.2) is 0 Å². The fourth-order valence-corrected chi connectivity index (χ4v) is 3.01. The summed E-state index contributed by atoms with van der Waals surface area (Å²) in [6.07, 6.45) is 8.33. The third kappa shape index (κ3) is 5.01. The second-order valence-electron chi connectivity index (χ2n) is 6.04. The summed E-state index contributed by atoms with van der Waals surface area (Å²) < 4.78 is 0. The standard InChI is InChI=1S/C14H28O/c1-11(2)8-13-4-6-14(7-5-13)9-12(3)10-15/h11-15H,4-10H2,1-3H3. The molecule has 15 heavy (non-hydrogen) atoms. The molecular formula is C14H28O. The van der Waals surface area contributed by atoms with Gasteiger partial charge in [0, 0.05) is 6.61 Å². The maximum Gasteiger partial charge on any atom is 0.0456 e. The first-order valence-corrected chi connectivity index (χ1v) is 6.72. The predicted octanol–water partition coefficient (Wildman–Crippen LogP) is 3.86. The van der Waals surface area contributed by atoms with Crippen LogP contribution in [0.25, 0.3) is 0 Å². The van der Waals surface area contributed by atoms with Crippen molar-refractivity contribution >= 4 is 0 Å². The molecule has 90 valence electrons. The van der Waals surface area contributed by atoms with E-state index in [1.165, 1.54) is 38.5 Å². The molecule has 1 nitrogen and oxygen atoms in total. The van der Waals surface area contributed by atoms with Crippen LogP contribution >= 0.6 is 0 Å². The van der Waals surface area contributed by atoms with Crippen LogP contribution in [0.3, 0.4) is 0 Å². The van der Waals surface area contributed by atoms with E-state index >= 15 is 0 Å². The van der Waals surface area contributed by atoms with E-state index < -0.39 is 0 Å². The summed E-state index contributed by atoms with van der Waals surface area (Å²) in [6, 6.07) is 0. The van der Waals surface area contributed by atoms with Crippen LogP contribution in [0.5, 0.6) is 0 Å². The minimum absolute atomic E-state index is 0.367. The Morgan fingerprint density at radius 2 is 1.40 bits per heavy atom. The van der Waals surface area contributed by atoms with Crippen LogP contribution in [0.4, 0.5) is 0 Å². The van der Waals surface area contributed by atoms with Crippen molar-refractivity contribution in [2.45, 2.75) is 59.3 Å². The summed E-state index contributed by atoms with van der Waals surface area (Å²) >= 11 is 0. The topological polar surface area (TPSA) is 20.2 Å². The molecule has 1 saturated carbocycles. The highest BCUT2D eigenvalue weighted by Crippen LogP contribution is 2.35. The largest absolute Gasteiger partial charge is 0.396 e. The molecule has 1 aliphatic rings. The molecule has 0 aliphatic heterocycles. The Balaban J connectivity index is 2.18. The summed E-state index contributed by atoms with van der Waals surface area (Å²) in [5.74, 6) is 3.26. The number of aliphatic hydroxyl groups excluding tert-OH is 1. The Morgan fingerprint density at radius 1 is 0.933 bits per heavy atom. The van der Waals surface area contributed by atoms with E-state index in [9.17, 15) is 0 Å². The van der Waals surface area contributed by atoms with Crippen molar-refractivity contribution in [3.8, 4) is 0 Å². The van der Waals surface area contributed by atoms with Crippen LogP contribution in [-0.4, -0.2) is 11.7 Å². The Bertz CT molecular complexity index is 157. The fourth-order valence-electron chi connectivity index (χ4n) is 3.01. The minimum Gasteiger partial charge on any atom is -0.396 e. The van der Waals surface area contributed by atoms with E-state index in [-0.39, 0.29) is 0 Å². The lowest BCUT2D eigenvalue weighted by Crippen LogP contribution is -2.18. The highest BCUT2D eigenvalue weighted by Gasteiger charge is 2.22. The van der Waals surface area contributed by atoms with Crippen molar-refractivity contribution in [3.05, 3.63) is 0 Å². The molecule has 1 heteroatoms. The van der Waals surface area contributed by atoms with Gasteiger partial charge in [0.05, 0.1) is 0 Å². The molecule has 0 aromatic rings. The van der Waals surface area contributed by atoms with Crippen molar-refractivity contribution in [3.63, 3.8) is 0 Å². The van der Waals surface area contributed by atoms with E-state index in [1.807, 2.05) is 0 Å².